The molecule has 0 aliphatic carbocycles. The van der Waals surface area contributed by atoms with Crippen LogP contribution in [0.15, 0.2) is 30.3 Å². The van der Waals surface area contributed by atoms with Gasteiger partial charge in [-0.05, 0) is 25.5 Å². The molecule has 4 heteroatoms. The molecule has 0 heterocycles. The van der Waals surface area contributed by atoms with E-state index in [-0.39, 0.29) is 11.9 Å². The summed E-state index contributed by atoms with van der Waals surface area (Å²) in [6.07, 6.45) is 1.79. The Kier molecular flexibility index (Phi) is 10.2. The lowest BCUT2D eigenvalue weighted by Gasteiger charge is -2.01. The first-order valence-electron chi connectivity index (χ1n) is 6.55. The minimum Gasteiger partial charge on any atom is -0.466 e. The van der Waals surface area contributed by atoms with Gasteiger partial charge in [-0.3, -0.25) is 9.59 Å². The van der Waals surface area contributed by atoms with Crippen LogP contribution in [0.4, 0.5) is 0 Å². The molecule has 0 saturated carbocycles. The first-order valence-corrected chi connectivity index (χ1v) is 6.55. The van der Waals surface area contributed by atoms with Gasteiger partial charge in [0.25, 0.3) is 0 Å². The molecule has 0 N–H and O–H groups in total. The Balaban J connectivity index is 0.000000399. The van der Waals surface area contributed by atoms with Crippen molar-refractivity contribution in [3.63, 3.8) is 0 Å². The molecule has 1 aromatic carbocycles. The molecule has 19 heavy (non-hydrogen) atoms. The largest absolute Gasteiger partial charge is 0.466 e. The zero-order chi connectivity index (χ0) is 14.5. The van der Waals surface area contributed by atoms with Crippen molar-refractivity contribution in [2.45, 2.75) is 40.0 Å². The summed E-state index contributed by atoms with van der Waals surface area (Å²) in [5.74, 6) is 0.335. The van der Waals surface area contributed by atoms with E-state index in [1.165, 1.54) is 0 Å². The quantitative estimate of drug-likeness (QED) is 0.605. The zero-order valence-corrected chi connectivity index (χ0v) is 11.8. The van der Waals surface area contributed by atoms with Crippen LogP contribution < -0.4 is 4.74 Å². The molecule has 1 aromatic rings. The number of ether oxygens (including phenoxy) is 2. The number of hydrogen-bond donors (Lipinski definition) is 0. The van der Waals surface area contributed by atoms with Gasteiger partial charge in [0.05, 0.1) is 6.61 Å². The lowest BCUT2D eigenvalue weighted by Crippen LogP contribution is -2.06. The monoisotopic (exact) mass is 266 g/mol. The molecule has 0 radical (unpaired) electrons. The van der Waals surface area contributed by atoms with E-state index >= 15 is 0 Å². The van der Waals surface area contributed by atoms with Gasteiger partial charge in [-0.25, -0.2) is 0 Å². The molecule has 1 rings (SSSR count). The first-order chi connectivity index (χ1) is 9.13. The van der Waals surface area contributed by atoms with Crippen LogP contribution in [0.1, 0.15) is 40.0 Å². The van der Waals surface area contributed by atoms with Crippen molar-refractivity contribution in [1.29, 1.82) is 0 Å². The van der Waals surface area contributed by atoms with Crippen LogP contribution in [0.3, 0.4) is 0 Å². The Morgan fingerprint density at radius 1 is 1.00 bits per heavy atom. The molecule has 0 unspecified atom stereocenters. The Bertz CT molecular complexity index is 360. The fraction of sp³-hybridized carbons (Fsp3) is 0.467. The summed E-state index contributed by atoms with van der Waals surface area (Å²) in [4.78, 5) is 21.2. The highest BCUT2D eigenvalue weighted by atomic mass is 16.5. The molecule has 0 atom stereocenters. The minimum absolute atomic E-state index is 0.123. The highest BCUT2D eigenvalue weighted by Crippen LogP contribution is 2.09. The molecule has 0 saturated heterocycles. The number of carbonyl (C=O) groups is 2. The number of esters is 2. The molecule has 0 aliphatic heterocycles. The molecule has 106 valence electrons. The van der Waals surface area contributed by atoms with Crippen molar-refractivity contribution in [3.8, 4) is 5.75 Å². The molecule has 0 spiro atoms. The number of carbonyl (C=O) groups excluding carboxylic acids is 2. The molecular formula is C15H22O4. The summed E-state index contributed by atoms with van der Waals surface area (Å²) in [7, 11) is 0. The van der Waals surface area contributed by atoms with Crippen molar-refractivity contribution in [3.05, 3.63) is 30.3 Å². The SMILES string of the molecule is CCCC(=O)Oc1ccccc1.CCOC(=O)CC. The number of rotatable bonds is 5. The van der Waals surface area contributed by atoms with Gasteiger partial charge >= 0.3 is 11.9 Å². The molecule has 0 aliphatic rings. The zero-order valence-electron chi connectivity index (χ0n) is 11.8. The summed E-state index contributed by atoms with van der Waals surface area (Å²) in [6, 6.07) is 9.11. The second-order valence-electron chi connectivity index (χ2n) is 3.70. The van der Waals surface area contributed by atoms with Gasteiger partial charge < -0.3 is 9.47 Å². The molecular weight excluding hydrogens is 244 g/mol. The first kappa shape index (κ1) is 17.2. The van der Waals surface area contributed by atoms with Gasteiger partial charge in [-0.15, -0.1) is 0 Å². The van der Waals surface area contributed by atoms with E-state index in [2.05, 4.69) is 4.74 Å². The molecule has 0 aromatic heterocycles. The van der Waals surface area contributed by atoms with E-state index < -0.39 is 0 Å². The maximum Gasteiger partial charge on any atom is 0.311 e. The normalized spacial score (nSPS) is 9.00. The summed E-state index contributed by atoms with van der Waals surface area (Å²) in [6.45, 7) is 6.02. The van der Waals surface area contributed by atoms with Gasteiger partial charge in [0.15, 0.2) is 0 Å². The van der Waals surface area contributed by atoms with Crippen molar-refractivity contribution in [2.24, 2.45) is 0 Å². The Morgan fingerprint density at radius 3 is 2.05 bits per heavy atom. The maximum atomic E-state index is 11.0. The van der Waals surface area contributed by atoms with Crippen LogP contribution in [0, 0.1) is 0 Å². The second kappa shape index (κ2) is 11.3. The van der Waals surface area contributed by atoms with Gasteiger partial charge in [0.1, 0.15) is 5.75 Å². The van der Waals surface area contributed by atoms with Crippen LogP contribution in [-0.4, -0.2) is 18.5 Å². The van der Waals surface area contributed by atoms with E-state index in [1.807, 2.05) is 25.1 Å². The predicted octanol–water partition coefficient (Wildman–Crippen LogP) is 3.35. The average Bonchev–Trinajstić information content (AvgIpc) is 2.41. The Hall–Kier alpha value is -1.84. The van der Waals surface area contributed by atoms with Gasteiger partial charge in [0, 0.05) is 12.8 Å². The van der Waals surface area contributed by atoms with E-state index in [0.717, 1.165) is 6.42 Å². The molecule has 4 nitrogen and oxygen atoms in total. The number of para-hydroxylation sites is 1. The van der Waals surface area contributed by atoms with E-state index in [0.29, 0.717) is 25.2 Å². The summed E-state index contributed by atoms with van der Waals surface area (Å²) < 4.78 is 9.57. The summed E-state index contributed by atoms with van der Waals surface area (Å²) in [5.41, 5.74) is 0. The fourth-order valence-corrected chi connectivity index (χ4v) is 1.14. The van der Waals surface area contributed by atoms with Gasteiger partial charge in [-0.2, -0.15) is 0 Å². The van der Waals surface area contributed by atoms with Crippen molar-refractivity contribution in [1.82, 2.24) is 0 Å². The van der Waals surface area contributed by atoms with Gasteiger partial charge in [0.2, 0.25) is 0 Å². The number of hydrogen-bond acceptors (Lipinski definition) is 4. The Labute approximate surface area is 114 Å². The smallest absolute Gasteiger partial charge is 0.311 e. The van der Waals surface area contributed by atoms with Crippen LogP contribution in [-0.2, 0) is 14.3 Å². The van der Waals surface area contributed by atoms with Crippen molar-refractivity contribution >= 4 is 11.9 Å². The van der Waals surface area contributed by atoms with Crippen LogP contribution in [0.25, 0.3) is 0 Å². The van der Waals surface area contributed by atoms with Crippen LogP contribution in [0.2, 0.25) is 0 Å². The second-order valence-corrected chi connectivity index (χ2v) is 3.70. The lowest BCUT2D eigenvalue weighted by molar-refractivity contribution is -0.142. The topological polar surface area (TPSA) is 52.6 Å². The van der Waals surface area contributed by atoms with E-state index in [4.69, 9.17) is 4.74 Å². The summed E-state index contributed by atoms with van der Waals surface area (Å²) >= 11 is 0. The summed E-state index contributed by atoms with van der Waals surface area (Å²) in [5, 5.41) is 0. The molecule has 0 bridgehead atoms. The van der Waals surface area contributed by atoms with Crippen molar-refractivity contribution in [2.75, 3.05) is 6.61 Å². The highest BCUT2D eigenvalue weighted by Gasteiger charge is 2.00. The third kappa shape index (κ3) is 9.83. The third-order valence-electron chi connectivity index (χ3n) is 2.02. The molecule has 0 amide bonds. The van der Waals surface area contributed by atoms with Crippen molar-refractivity contribution < 1.29 is 19.1 Å². The Morgan fingerprint density at radius 2 is 1.63 bits per heavy atom. The lowest BCUT2D eigenvalue weighted by atomic mass is 10.3. The van der Waals surface area contributed by atoms with E-state index in [1.54, 1.807) is 26.0 Å². The average molecular weight is 266 g/mol. The predicted molar refractivity (Wildman–Crippen MR) is 73.9 cm³/mol. The third-order valence-corrected chi connectivity index (χ3v) is 2.02. The minimum atomic E-state index is -0.163. The van der Waals surface area contributed by atoms with Crippen LogP contribution >= 0.6 is 0 Å². The van der Waals surface area contributed by atoms with E-state index in [9.17, 15) is 9.59 Å². The van der Waals surface area contributed by atoms with Gasteiger partial charge in [-0.1, -0.05) is 32.0 Å². The van der Waals surface area contributed by atoms with Crippen LogP contribution in [0.5, 0.6) is 5.75 Å². The fourth-order valence-electron chi connectivity index (χ4n) is 1.14. The number of benzene rings is 1. The molecule has 0 fully saturated rings. The highest BCUT2D eigenvalue weighted by molar-refractivity contribution is 5.72. The standard InChI is InChI=1S/C10H12O2.C5H10O2/c1-2-6-10(11)12-9-7-4-3-5-8-9;1-3-5(6)7-4-2/h3-5,7-8H,2,6H2,1H3;3-4H2,1-2H3. The maximum absolute atomic E-state index is 11.0.